The van der Waals surface area contributed by atoms with E-state index in [1.54, 1.807) is 31.2 Å². The Bertz CT molecular complexity index is 1500. The predicted molar refractivity (Wildman–Crippen MR) is 128 cm³/mol. The fraction of sp³-hybridized carbons (Fsp3) is 0.222. The molecule has 5 rings (SSSR count). The number of hydrogen-bond donors (Lipinski definition) is 1. The minimum Gasteiger partial charge on any atom is -0.466 e. The van der Waals surface area contributed by atoms with Gasteiger partial charge in [0.25, 0.3) is 0 Å². The number of benzene rings is 2. The van der Waals surface area contributed by atoms with Crippen LogP contribution in [-0.4, -0.2) is 18.9 Å². The molecule has 2 heterocycles. The predicted octanol–water partition coefficient (Wildman–Crippen LogP) is 5.12. The van der Waals surface area contributed by atoms with Gasteiger partial charge in [0.05, 0.1) is 30.3 Å². The van der Waals surface area contributed by atoms with Gasteiger partial charge in [-0.15, -0.1) is 0 Å². The fourth-order valence-corrected chi connectivity index (χ4v) is 5.19. The maximum absolute atomic E-state index is 13.6. The standard InChI is InChI=1S/C27H21ClFNO5/c1-13-23(27(33)34-2)24(19-12-35-22-8-5-16(28)11-18(22)26(19)32)25-20(30-13)9-15(10-21(25)31)14-3-6-17(29)7-4-14/h3-8,11-12,15,24,30H,9-10H2,1-2H3/t15-,24+/m1/s1. The number of Topliss-reactive ketones (excluding diaryl/α,β-unsaturated/α-hetero) is 1. The summed E-state index contributed by atoms with van der Waals surface area (Å²) < 4.78 is 24.2. The molecule has 0 saturated carbocycles. The molecule has 0 radical (unpaired) electrons. The average Bonchev–Trinajstić information content (AvgIpc) is 2.84. The minimum atomic E-state index is -0.958. The van der Waals surface area contributed by atoms with Crippen molar-refractivity contribution in [3.8, 4) is 0 Å². The molecule has 2 atom stereocenters. The molecule has 178 valence electrons. The molecular formula is C27H21ClFNO5. The van der Waals surface area contributed by atoms with Crippen molar-refractivity contribution >= 4 is 34.3 Å². The van der Waals surface area contributed by atoms with Crippen LogP contribution in [0.3, 0.4) is 0 Å². The highest BCUT2D eigenvalue weighted by molar-refractivity contribution is 6.31. The van der Waals surface area contributed by atoms with E-state index in [4.69, 9.17) is 20.8 Å². The quantitative estimate of drug-likeness (QED) is 0.510. The summed E-state index contributed by atoms with van der Waals surface area (Å²) in [7, 11) is 1.25. The second-order valence-electron chi connectivity index (χ2n) is 8.72. The van der Waals surface area contributed by atoms with Crippen LogP contribution in [0.25, 0.3) is 11.0 Å². The van der Waals surface area contributed by atoms with E-state index in [1.807, 2.05) is 0 Å². The van der Waals surface area contributed by atoms with Crippen molar-refractivity contribution in [2.45, 2.75) is 31.6 Å². The van der Waals surface area contributed by atoms with Gasteiger partial charge in [-0.25, -0.2) is 9.18 Å². The summed E-state index contributed by atoms with van der Waals surface area (Å²) in [5, 5.41) is 3.82. The molecule has 8 heteroatoms. The van der Waals surface area contributed by atoms with Gasteiger partial charge in [-0.3, -0.25) is 9.59 Å². The van der Waals surface area contributed by atoms with Crippen LogP contribution in [-0.2, 0) is 14.3 Å². The first-order valence-corrected chi connectivity index (χ1v) is 11.4. The Morgan fingerprint density at radius 1 is 1.14 bits per heavy atom. The van der Waals surface area contributed by atoms with Gasteiger partial charge in [0, 0.05) is 34.0 Å². The van der Waals surface area contributed by atoms with E-state index in [0.29, 0.717) is 34.0 Å². The molecule has 0 unspecified atom stereocenters. The number of hydrogen-bond acceptors (Lipinski definition) is 6. The third-order valence-corrected chi connectivity index (χ3v) is 6.88. The number of carbonyl (C=O) groups excluding carboxylic acids is 2. The summed E-state index contributed by atoms with van der Waals surface area (Å²) in [6.45, 7) is 1.70. The highest BCUT2D eigenvalue weighted by Gasteiger charge is 2.42. The molecule has 0 amide bonds. The van der Waals surface area contributed by atoms with Crippen LogP contribution < -0.4 is 10.7 Å². The van der Waals surface area contributed by atoms with E-state index in [2.05, 4.69) is 5.32 Å². The molecule has 1 aromatic heterocycles. The van der Waals surface area contributed by atoms with Crippen LogP contribution in [0, 0.1) is 5.82 Å². The van der Waals surface area contributed by atoms with E-state index < -0.39 is 11.9 Å². The number of ether oxygens (including phenoxy) is 1. The number of methoxy groups -OCH3 is 1. The van der Waals surface area contributed by atoms with Crippen LogP contribution in [0.4, 0.5) is 4.39 Å². The molecule has 0 saturated heterocycles. The number of rotatable bonds is 3. The van der Waals surface area contributed by atoms with Crippen LogP contribution in [0.1, 0.15) is 42.7 Å². The topological polar surface area (TPSA) is 85.6 Å². The van der Waals surface area contributed by atoms with Gasteiger partial charge in [0.1, 0.15) is 11.4 Å². The first-order chi connectivity index (χ1) is 16.8. The smallest absolute Gasteiger partial charge is 0.336 e. The molecule has 2 aromatic carbocycles. The van der Waals surface area contributed by atoms with Crippen molar-refractivity contribution in [1.29, 1.82) is 0 Å². The molecule has 1 aliphatic carbocycles. The number of dihydropyridines is 1. The summed E-state index contributed by atoms with van der Waals surface area (Å²) in [5.74, 6) is -2.34. The van der Waals surface area contributed by atoms with Crippen molar-refractivity contribution in [2.75, 3.05) is 7.11 Å². The molecule has 35 heavy (non-hydrogen) atoms. The summed E-state index contributed by atoms with van der Waals surface area (Å²) in [6.07, 6.45) is 1.91. The Hall–Kier alpha value is -3.71. The number of carbonyl (C=O) groups is 2. The first kappa shape index (κ1) is 23.1. The van der Waals surface area contributed by atoms with E-state index in [-0.39, 0.29) is 45.9 Å². The number of halogens is 2. The number of ketones is 1. The molecule has 1 aliphatic heterocycles. The van der Waals surface area contributed by atoms with Gasteiger partial charge >= 0.3 is 5.97 Å². The number of allylic oxidation sites excluding steroid dienone is 3. The highest BCUT2D eigenvalue weighted by Crippen LogP contribution is 2.45. The van der Waals surface area contributed by atoms with Crippen molar-refractivity contribution in [3.05, 3.63) is 103 Å². The normalized spacial score (nSPS) is 20.1. The molecule has 3 aromatic rings. The van der Waals surface area contributed by atoms with Gasteiger partial charge in [-0.05, 0) is 55.2 Å². The highest BCUT2D eigenvalue weighted by atomic mass is 35.5. The van der Waals surface area contributed by atoms with E-state index in [1.165, 1.54) is 31.6 Å². The van der Waals surface area contributed by atoms with Crippen LogP contribution in [0.15, 0.2) is 80.5 Å². The minimum absolute atomic E-state index is 0.154. The molecule has 2 aliphatic rings. The lowest BCUT2D eigenvalue weighted by atomic mass is 9.72. The number of nitrogens with one attached hydrogen (secondary N) is 1. The van der Waals surface area contributed by atoms with Crippen LogP contribution >= 0.6 is 11.6 Å². The van der Waals surface area contributed by atoms with Crippen molar-refractivity contribution in [3.63, 3.8) is 0 Å². The lowest BCUT2D eigenvalue weighted by Gasteiger charge is -2.36. The lowest BCUT2D eigenvalue weighted by molar-refractivity contribution is -0.136. The summed E-state index contributed by atoms with van der Waals surface area (Å²) in [6, 6.07) is 10.8. The van der Waals surface area contributed by atoms with Gasteiger partial charge in [-0.1, -0.05) is 23.7 Å². The second-order valence-corrected chi connectivity index (χ2v) is 9.16. The molecular weight excluding hydrogens is 473 g/mol. The molecule has 1 N–H and O–H groups in total. The van der Waals surface area contributed by atoms with Gasteiger partial charge < -0.3 is 14.5 Å². The van der Waals surface area contributed by atoms with Crippen LogP contribution in [0.2, 0.25) is 5.02 Å². The number of esters is 1. The maximum atomic E-state index is 13.6. The second kappa shape index (κ2) is 8.82. The zero-order valence-corrected chi connectivity index (χ0v) is 19.7. The van der Waals surface area contributed by atoms with Crippen molar-refractivity contribution in [2.24, 2.45) is 0 Å². The monoisotopic (exact) mass is 493 g/mol. The number of fused-ring (bicyclic) bond motifs is 1. The Morgan fingerprint density at radius 2 is 1.89 bits per heavy atom. The largest absolute Gasteiger partial charge is 0.466 e. The Morgan fingerprint density at radius 3 is 2.60 bits per heavy atom. The van der Waals surface area contributed by atoms with Crippen molar-refractivity contribution in [1.82, 2.24) is 5.32 Å². The van der Waals surface area contributed by atoms with Crippen molar-refractivity contribution < 1.29 is 23.1 Å². The SMILES string of the molecule is COC(=O)C1=C(C)NC2=C(C(=O)C[C@H](c3ccc(F)cc3)C2)[C@H]1c1coc2ccc(Cl)cc2c1=O. The van der Waals surface area contributed by atoms with Gasteiger partial charge in [0.2, 0.25) is 0 Å². The Labute approximate surface area is 205 Å². The summed E-state index contributed by atoms with van der Waals surface area (Å²) in [4.78, 5) is 40.0. The molecule has 6 nitrogen and oxygen atoms in total. The third kappa shape index (κ3) is 3.96. The van der Waals surface area contributed by atoms with Gasteiger partial charge in [-0.2, -0.15) is 0 Å². The van der Waals surface area contributed by atoms with E-state index >= 15 is 0 Å². The molecule has 0 fully saturated rings. The first-order valence-electron chi connectivity index (χ1n) is 11.1. The zero-order valence-electron chi connectivity index (χ0n) is 19.0. The third-order valence-electron chi connectivity index (χ3n) is 6.65. The molecule has 0 bridgehead atoms. The average molecular weight is 494 g/mol. The van der Waals surface area contributed by atoms with Gasteiger partial charge in [0.15, 0.2) is 11.2 Å². The maximum Gasteiger partial charge on any atom is 0.336 e. The Balaban J connectivity index is 1.68. The lowest BCUT2D eigenvalue weighted by Crippen LogP contribution is -2.37. The van der Waals surface area contributed by atoms with Crippen LogP contribution in [0.5, 0.6) is 0 Å². The van der Waals surface area contributed by atoms with E-state index in [0.717, 1.165) is 5.56 Å². The summed E-state index contributed by atoms with van der Waals surface area (Å²) in [5.41, 5.74) is 2.58. The fourth-order valence-electron chi connectivity index (χ4n) is 5.02. The van der Waals surface area contributed by atoms with E-state index in [9.17, 15) is 18.8 Å². The summed E-state index contributed by atoms with van der Waals surface area (Å²) >= 11 is 6.11. The zero-order chi connectivity index (χ0) is 24.9. The molecule has 0 spiro atoms. The Kier molecular flexibility index (Phi) is 5.81.